The van der Waals surface area contributed by atoms with E-state index < -0.39 is 0 Å². The van der Waals surface area contributed by atoms with E-state index in [0.717, 1.165) is 45.8 Å². The zero-order valence-corrected chi connectivity index (χ0v) is 13.4. The van der Waals surface area contributed by atoms with Crippen LogP contribution in [0.3, 0.4) is 0 Å². The third-order valence-electron chi connectivity index (χ3n) is 4.01. The van der Waals surface area contributed by atoms with Crippen molar-refractivity contribution in [3.63, 3.8) is 0 Å². The van der Waals surface area contributed by atoms with E-state index in [-0.39, 0.29) is 30.4 Å². The van der Waals surface area contributed by atoms with Gasteiger partial charge in [-0.1, -0.05) is 6.92 Å². The smallest absolute Gasteiger partial charge is 0.237 e. The Morgan fingerprint density at radius 1 is 1.45 bits per heavy atom. The first-order valence-electron chi connectivity index (χ1n) is 7.49. The number of nitrogens with zero attached hydrogens (tertiary/aromatic N) is 1. The fourth-order valence-electron chi connectivity index (χ4n) is 2.87. The fourth-order valence-corrected chi connectivity index (χ4v) is 2.87. The van der Waals surface area contributed by atoms with E-state index in [1.54, 1.807) is 0 Å². The average Bonchev–Trinajstić information content (AvgIpc) is 2.39. The lowest BCUT2D eigenvalue weighted by atomic mass is 9.94. The van der Waals surface area contributed by atoms with Gasteiger partial charge < -0.3 is 15.4 Å². The number of rotatable bonds is 4. The summed E-state index contributed by atoms with van der Waals surface area (Å²) in [5.41, 5.74) is 0. The van der Waals surface area contributed by atoms with Crippen LogP contribution in [0.15, 0.2) is 0 Å². The summed E-state index contributed by atoms with van der Waals surface area (Å²) in [6, 6.07) is 0.195. The SMILES string of the molecule is CC1CCNC(C(=O)NC(C)CN2CCOCC2)C1.Cl. The normalized spacial score (nSPS) is 29.3. The van der Waals surface area contributed by atoms with Crippen LogP contribution in [0.5, 0.6) is 0 Å². The molecule has 2 saturated heterocycles. The molecule has 2 fully saturated rings. The van der Waals surface area contributed by atoms with Gasteiger partial charge in [-0.2, -0.15) is 0 Å². The lowest BCUT2D eigenvalue weighted by Crippen LogP contribution is -2.53. The molecule has 5 nitrogen and oxygen atoms in total. The van der Waals surface area contributed by atoms with Gasteiger partial charge in [0.1, 0.15) is 0 Å². The lowest BCUT2D eigenvalue weighted by Gasteiger charge is -2.31. The van der Waals surface area contributed by atoms with E-state index in [4.69, 9.17) is 4.74 Å². The van der Waals surface area contributed by atoms with E-state index >= 15 is 0 Å². The van der Waals surface area contributed by atoms with Crippen LogP contribution in [0.4, 0.5) is 0 Å². The summed E-state index contributed by atoms with van der Waals surface area (Å²) >= 11 is 0. The number of amides is 1. The van der Waals surface area contributed by atoms with Gasteiger partial charge in [-0.3, -0.25) is 9.69 Å². The van der Waals surface area contributed by atoms with E-state index in [2.05, 4.69) is 29.4 Å². The first kappa shape index (κ1) is 17.7. The molecule has 1 amide bonds. The summed E-state index contributed by atoms with van der Waals surface area (Å²) in [6.45, 7) is 9.73. The number of nitrogens with one attached hydrogen (secondary N) is 2. The summed E-state index contributed by atoms with van der Waals surface area (Å²) in [5.74, 6) is 0.804. The van der Waals surface area contributed by atoms with Gasteiger partial charge >= 0.3 is 0 Å². The van der Waals surface area contributed by atoms with E-state index in [9.17, 15) is 4.79 Å². The Morgan fingerprint density at radius 2 is 2.15 bits per heavy atom. The molecule has 6 heteroatoms. The third-order valence-corrected chi connectivity index (χ3v) is 4.01. The Bertz CT molecular complexity index is 298. The molecule has 118 valence electrons. The minimum Gasteiger partial charge on any atom is -0.379 e. The molecule has 0 aliphatic carbocycles. The highest BCUT2D eigenvalue weighted by molar-refractivity contribution is 5.85. The Balaban J connectivity index is 0.00000200. The van der Waals surface area contributed by atoms with Crippen molar-refractivity contribution in [1.29, 1.82) is 0 Å². The molecule has 3 unspecified atom stereocenters. The Morgan fingerprint density at radius 3 is 2.80 bits per heavy atom. The molecule has 2 aliphatic heterocycles. The molecule has 0 radical (unpaired) electrons. The van der Waals surface area contributed by atoms with Gasteiger partial charge in [0.05, 0.1) is 19.3 Å². The molecule has 3 atom stereocenters. The van der Waals surface area contributed by atoms with E-state index in [1.165, 1.54) is 6.42 Å². The first-order valence-corrected chi connectivity index (χ1v) is 7.49. The zero-order chi connectivity index (χ0) is 13.7. The summed E-state index contributed by atoms with van der Waals surface area (Å²) in [4.78, 5) is 14.5. The largest absolute Gasteiger partial charge is 0.379 e. The van der Waals surface area contributed by atoms with Gasteiger partial charge in [-0.15, -0.1) is 12.4 Å². The van der Waals surface area contributed by atoms with Crippen LogP contribution < -0.4 is 10.6 Å². The Hall–Kier alpha value is -0.360. The second-order valence-corrected chi connectivity index (χ2v) is 5.96. The van der Waals surface area contributed by atoms with Crippen molar-refractivity contribution >= 4 is 18.3 Å². The molecule has 2 aliphatic rings. The summed E-state index contributed by atoms with van der Waals surface area (Å²) in [7, 11) is 0. The predicted molar refractivity (Wildman–Crippen MR) is 82.3 cm³/mol. The molecule has 2 heterocycles. The van der Waals surface area contributed by atoms with Gasteiger partial charge in [-0.25, -0.2) is 0 Å². The molecule has 0 aromatic heterocycles. The van der Waals surface area contributed by atoms with Crippen LogP contribution >= 0.6 is 12.4 Å². The van der Waals surface area contributed by atoms with Crippen LogP contribution in [-0.2, 0) is 9.53 Å². The van der Waals surface area contributed by atoms with Gasteiger partial charge in [0.25, 0.3) is 0 Å². The molecule has 0 aromatic carbocycles. The van der Waals surface area contributed by atoms with E-state index in [0.29, 0.717) is 5.92 Å². The number of carbonyl (C=O) groups excluding carboxylic acids is 1. The number of hydrogen-bond acceptors (Lipinski definition) is 4. The maximum absolute atomic E-state index is 12.2. The lowest BCUT2D eigenvalue weighted by molar-refractivity contribution is -0.124. The van der Waals surface area contributed by atoms with Gasteiger partial charge in [0.15, 0.2) is 0 Å². The topological polar surface area (TPSA) is 53.6 Å². The Kier molecular flexibility index (Phi) is 7.80. The van der Waals surface area contributed by atoms with Crippen LogP contribution in [-0.4, -0.2) is 62.3 Å². The van der Waals surface area contributed by atoms with Crippen LogP contribution in [0.2, 0.25) is 0 Å². The zero-order valence-electron chi connectivity index (χ0n) is 12.6. The molecular weight excluding hydrogens is 278 g/mol. The number of morpholine rings is 1. The molecule has 0 aromatic rings. The standard InChI is InChI=1S/C14H27N3O2.ClH/c1-11-3-4-15-13(9-11)14(18)16-12(2)10-17-5-7-19-8-6-17;/h11-13,15H,3-10H2,1-2H3,(H,16,18);1H. The number of halogens is 1. The van der Waals surface area contributed by atoms with Crippen molar-refractivity contribution in [2.24, 2.45) is 5.92 Å². The molecule has 2 N–H and O–H groups in total. The highest BCUT2D eigenvalue weighted by Gasteiger charge is 2.25. The van der Waals surface area contributed by atoms with Crippen molar-refractivity contribution in [1.82, 2.24) is 15.5 Å². The van der Waals surface area contributed by atoms with Gasteiger partial charge in [0, 0.05) is 25.7 Å². The van der Waals surface area contributed by atoms with E-state index in [1.807, 2.05) is 0 Å². The number of piperidine rings is 1. The fraction of sp³-hybridized carbons (Fsp3) is 0.929. The quantitative estimate of drug-likeness (QED) is 0.800. The van der Waals surface area contributed by atoms with Gasteiger partial charge in [-0.05, 0) is 32.2 Å². The number of ether oxygens (including phenoxy) is 1. The summed E-state index contributed by atoms with van der Waals surface area (Å²) in [5, 5.41) is 6.45. The first-order chi connectivity index (χ1) is 9.15. The number of carbonyl (C=O) groups is 1. The molecule has 0 saturated carbocycles. The molecule has 0 spiro atoms. The van der Waals surface area contributed by atoms with Crippen LogP contribution in [0.25, 0.3) is 0 Å². The van der Waals surface area contributed by atoms with Crippen molar-refractivity contribution < 1.29 is 9.53 Å². The highest BCUT2D eigenvalue weighted by Crippen LogP contribution is 2.15. The van der Waals surface area contributed by atoms with Crippen molar-refractivity contribution in [2.45, 2.75) is 38.8 Å². The monoisotopic (exact) mass is 305 g/mol. The third kappa shape index (κ3) is 5.56. The summed E-state index contributed by atoms with van der Waals surface area (Å²) in [6.07, 6.45) is 2.13. The van der Waals surface area contributed by atoms with Crippen LogP contribution in [0, 0.1) is 5.92 Å². The van der Waals surface area contributed by atoms with Crippen molar-refractivity contribution in [3.05, 3.63) is 0 Å². The van der Waals surface area contributed by atoms with Crippen molar-refractivity contribution in [3.8, 4) is 0 Å². The maximum atomic E-state index is 12.2. The second kappa shape index (κ2) is 8.82. The summed E-state index contributed by atoms with van der Waals surface area (Å²) < 4.78 is 5.33. The second-order valence-electron chi connectivity index (χ2n) is 5.96. The minimum atomic E-state index is -0.00381. The minimum absolute atomic E-state index is 0. The number of hydrogen-bond donors (Lipinski definition) is 2. The average molecular weight is 306 g/mol. The molecule has 2 rings (SSSR count). The van der Waals surface area contributed by atoms with Crippen LogP contribution in [0.1, 0.15) is 26.7 Å². The predicted octanol–water partition coefficient (Wildman–Crippen LogP) is 0.633. The Labute approximate surface area is 128 Å². The van der Waals surface area contributed by atoms with Gasteiger partial charge in [0.2, 0.25) is 5.91 Å². The molecular formula is C14H28ClN3O2. The highest BCUT2D eigenvalue weighted by atomic mass is 35.5. The molecule has 20 heavy (non-hydrogen) atoms. The van der Waals surface area contributed by atoms with Crippen molar-refractivity contribution in [2.75, 3.05) is 39.4 Å². The maximum Gasteiger partial charge on any atom is 0.237 e. The molecule has 0 bridgehead atoms.